The van der Waals surface area contributed by atoms with Crippen molar-refractivity contribution in [3.8, 4) is 0 Å². The van der Waals surface area contributed by atoms with Crippen molar-refractivity contribution in [2.24, 2.45) is 0 Å². The van der Waals surface area contributed by atoms with Gasteiger partial charge in [0.05, 0.1) is 15.8 Å². The van der Waals surface area contributed by atoms with Crippen molar-refractivity contribution in [2.45, 2.75) is 19.9 Å². The van der Waals surface area contributed by atoms with Gasteiger partial charge in [0.1, 0.15) is 6.04 Å². The molecular formula is C20H16ClN3O2S. The van der Waals surface area contributed by atoms with Gasteiger partial charge >= 0.3 is 0 Å². The molecule has 0 saturated carbocycles. The van der Waals surface area contributed by atoms with Gasteiger partial charge in [0.2, 0.25) is 5.91 Å². The Kier molecular flexibility index (Phi) is 4.45. The minimum atomic E-state index is -0.766. The number of thiophene rings is 1. The van der Waals surface area contributed by atoms with E-state index in [1.54, 1.807) is 42.5 Å². The van der Waals surface area contributed by atoms with Crippen LogP contribution < -0.4 is 10.9 Å². The first-order valence-corrected chi connectivity index (χ1v) is 9.62. The molecule has 27 heavy (non-hydrogen) atoms. The number of nitrogens with zero attached hydrogens (tertiary/aromatic N) is 2. The summed E-state index contributed by atoms with van der Waals surface area (Å²) in [5, 5.41) is 9.22. The highest BCUT2D eigenvalue weighted by Crippen LogP contribution is 2.33. The van der Waals surface area contributed by atoms with Crippen molar-refractivity contribution in [3.05, 3.63) is 69.6 Å². The van der Waals surface area contributed by atoms with Gasteiger partial charge in [0.15, 0.2) is 0 Å². The van der Waals surface area contributed by atoms with Crippen molar-refractivity contribution in [3.63, 3.8) is 0 Å². The Morgan fingerprint density at radius 2 is 2.00 bits per heavy atom. The molecular weight excluding hydrogens is 382 g/mol. The topological polar surface area (TPSA) is 64.0 Å². The van der Waals surface area contributed by atoms with Gasteiger partial charge in [-0.25, -0.2) is 4.68 Å². The number of anilines is 1. The molecule has 0 saturated heterocycles. The number of hydrogen-bond donors (Lipinski definition) is 1. The molecule has 1 atom stereocenters. The number of hydrogen-bond acceptors (Lipinski definition) is 4. The first-order valence-electron chi connectivity index (χ1n) is 8.43. The van der Waals surface area contributed by atoms with E-state index in [-0.39, 0.29) is 11.5 Å². The number of rotatable bonds is 3. The van der Waals surface area contributed by atoms with E-state index in [0.717, 1.165) is 20.5 Å². The standard InChI is InChI=1S/C20H16ClN3O2S/c1-11-18-17(15-8-3-4-9-16(15)27-18)20(26)24(23-11)12(2)19(25)22-14-7-5-6-13(21)10-14/h3-10,12H,1-2H3,(H,22,25)/t12-/m1/s1. The van der Waals surface area contributed by atoms with Gasteiger partial charge < -0.3 is 5.32 Å². The molecule has 2 heterocycles. The molecule has 1 amide bonds. The van der Waals surface area contributed by atoms with Gasteiger partial charge in [0, 0.05) is 20.8 Å². The van der Waals surface area contributed by atoms with E-state index in [1.807, 2.05) is 31.2 Å². The molecule has 0 bridgehead atoms. The molecule has 4 rings (SSSR count). The summed E-state index contributed by atoms with van der Waals surface area (Å²) in [5.74, 6) is -0.329. The maximum atomic E-state index is 13.1. The van der Waals surface area contributed by atoms with Crippen LogP contribution in [0.5, 0.6) is 0 Å². The van der Waals surface area contributed by atoms with Crippen LogP contribution in [0, 0.1) is 6.92 Å². The Labute approximate surface area is 164 Å². The average molecular weight is 398 g/mol. The lowest BCUT2D eigenvalue weighted by Crippen LogP contribution is -2.33. The van der Waals surface area contributed by atoms with Crippen LogP contribution in [0.4, 0.5) is 5.69 Å². The van der Waals surface area contributed by atoms with E-state index in [9.17, 15) is 9.59 Å². The summed E-state index contributed by atoms with van der Waals surface area (Å²) in [5.41, 5.74) is 1.04. The van der Waals surface area contributed by atoms with E-state index in [2.05, 4.69) is 10.4 Å². The summed E-state index contributed by atoms with van der Waals surface area (Å²) in [6.07, 6.45) is 0. The predicted molar refractivity (Wildman–Crippen MR) is 111 cm³/mol. The third-order valence-corrected chi connectivity index (χ3v) is 5.96. The molecule has 0 aliphatic heterocycles. The second kappa shape index (κ2) is 6.79. The smallest absolute Gasteiger partial charge is 0.276 e. The largest absolute Gasteiger partial charge is 0.324 e. The lowest BCUT2D eigenvalue weighted by molar-refractivity contribution is -0.119. The third kappa shape index (κ3) is 3.11. The van der Waals surface area contributed by atoms with Crippen molar-refractivity contribution in [1.82, 2.24) is 9.78 Å². The number of fused-ring (bicyclic) bond motifs is 3. The fourth-order valence-electron chi connectivity index (χ4n) is 3.07. The number of carbonyl (C=O) groups is 1. The summed E-state index contributed by atoms with van der Waals surface area (Å²) >= 11 is 7.51. The second-order valence-corrected chi connectivity index (χ2v) is 7.80. The molecule has 4 aromatic rings. The molecule has 7 heteroatoms. The Balaban J connectivity index is 1.78. The van der Waals surface area contributed by atoms with Crippen molar-refractivity contribution in [2.75, 3.05) is 5.32 Å². The second-order valence-electron chi connectivity index (χ2n) is 6.31. The Bertz CT molecular complexity index is 1250. The van der Waals surface area contributed by atoms with Crippen LogP contribution >= 0.6 is 22.9 Å². The number of amides is 1. The molecule has 0 fully saturated rings. The number of aryl methyl sites for hydroxylation is 1. The van der Waals surface area contributed by atoms with E-state index < -0.39 is 6.04 Å². The number of benzene rings is 2. The van der Waals surface area contributed by atoms with Crippen LogP contribution in [0.3, 0.4) is 0 Å². The number of nitrogens with one attached hydrogen (secondary N) is 1. The van der Waals surface area contributed by atoms with Crippen molar-refractivity contribution in [1.29, 1.82) is 0 Å². The molecule has 0 unspecified atom stereocenters. The lowest BCUT2D eigenvalue weighted by Gasteiger charge is -2.15. The summed E-state index contributed by atoms with van der Waals surface area (Å²) in [7, 11) is 0. The lowest BCUT2D eigenvalue weighted by atomic mass is 10.2. The Morgan fingerprint density at radius 3 is 2.78 bits per heavy atom. The predicted octanol–water partition coefficient (Wildman–Crippen LogP) is 4.77. The molecule has 2 aromatic heterocycles. The van der Waals surface area contributed by atoms with E-state index in [0.29, 0.717) is 16.1 Å². The molecule has 1 N–H and O–H groups in total. The summed E-state index contributed by atoms with van der Waals surface area (Å²) in [6, 6.07) is 13.9. The van der Waals surface area contributed by atoms with Gasteiger partial charge in [-0.15, -0.1) is 11.3 Å². The minimum absolute atomic E-state index is 0.262. The maximum absolute atomic E-state index is 13.1. The van der Waals surface area contributed by atoms with Crippen molar-refractivity contribution < 1.29 is 4.79 Å². The Morgan fingerprint density at radius 1 is 1.22 bits per heavy atom. The maximum Gasteiger partial charge on any atom is 0.276 e. The van der Waals surface area contributed by atoms with Crippen LogP contribution in [-0.2, 0) is 4.79 Å². The van der Waals surface area contributed by atoms with Crippen molar-refractivity contribution >= 4 is 54.7 Å². The van der Waals surface area contributed by atoms with E-state index in [1.165, 1.54) is 4.68 Å². The van der Waals surface area contributed by atoms with Gasteiger partial charge in [-0.1, -0.05) is 35.9 Å². The molecule has 0 aliphatic rings. The van der Waals surface area contributed by atoms with Gasteiger partial charge in [-0.2, -0.15) is 5.10 Å². The highest BCUT2D eigenvalue weighted by atomic mass is 35.5. The van der Waals surface area contributed by atoms with E-state index >= 15 is 0 Å². The molecule has 136 valence electrons. The monoisotopic (exact) mass is 397 g/mol. The molecule has 2 aromatic carbocycles. The van der Waals surface area contributed by atoms with Crippen LogP contribution in [0.25, 0.3) is 20.2 Å². The third-order valence-electron chi connectivity index (χ3n) is 4.44. The molecule has 0 radical (unpaired) electrons. The highest BCUT2D eigenvalue weighted by Gasteiger charge is 2.22. The average Bonchev–Trinajstić information content (AvgIpc) is 3.04. The Hall–Kier alpha value is -2.70. The zero-order valence-electron chi connectivity index (χ0n) is 14.7. The zero-order valence-corrected chi connectivity index (χ0v) is 16.3. The molecule has 0 spiro atoms. The van der Waals surface area contributed by atoms with Gasteiger partial charge in [-0.3, -0.25) is 9.59 Å². The van der Waals surface area contributed by atoms with Gasteiger partial charge in [-0.05, 0) is 38.1 Å². The van der Waals surface area contributed by atoms with Crippen LogP contribution in [-0.4, -0.2) is 15.7 Å². The van der Waals surface area contributed by atoms with Crippen LogP contribution in [0.2, 0.25) is 5.02 Å². The highest BCUT2D eigenvalue weighted by molar-refractivity contribution is 7.26. The summed E-state index contributed by atoms with van der Waals surface area (Å²) in [6.45, 7) is 3.52. The molecule has 0 aliphatic carbocycles. The summed E-state index contributed by atoms with van der Waals surface area (Å²) < 4.78 is 3.15. The van der Waals surface area contributed by atoms with Crippen LogP contribution in [0.15, 0.2) is 53.3 Å². The summed E-state index contributed by atoms with van der Waals surface area (Å²) in [4.78, 5) is 25.8. The first kappa shape index (κ1) is 17.7. The molecule has 5 nitrogen and oxygen atoms in total. The fourth-order valence-corrected chi connectivity index (χ4v) is 4.39. The fraction of sp³-hybridized carbons (Fsp3) is 0.150. The van der Waals surface area contributed by atoms with Gasteiger partial charge in [0.25, 0.3) is 5.56 Å². The number of carbonyl (C=O) groups excluding carboxylic acids is 1. The normalized spacial score (nSPS) is 12.4. The van der Waals surface area contributed by atoms with Crippen LogP contribution in [0.1, 0.15) is 18.7 Å². The van der Waals surface area contributed by atoms with E-state index in [4.69, 9.17) is 11.6 Å². The zero-order chi connectivity index (χ0) is 19.1. The first-order chi connectivity index (χ1) is 13.0. The minimum Gasteiger partial charge on any atom is -0.324 e. The number of halogens is 1. The number of aromatic nitrogens is 2. The SMILES string of the molecule is Cc1nn([C@H](C)C(=O)Nc2cccc(Cl)c2)c(=O)c2c1sc1ccccc12. The quantitative estimate of drug-likeness (QED) is 0.541.